The Balaban J connectivity index is 1.62. The van der Waals surface area contributed by atoms with E-state index >= 15 is 0 Å². The highest BCUT2D eigenvalue weighted by Gasteiger charge is 2.39. The van der Waals surface area contributed by atoms with E-state index < -0.39 is 11.9 Å². The smallest absolute Gasteiger partial charge is 0.335 e. The number of hydrogen-bond acceptors (Lipinski definition) is 2. The number of carboxylic acids is 2. The third-order valence-corrected chi connectivity index (χ3v) is 9.26. The Hall–Kier alpha value is -1.84. The molecule has 0 saturated heterocycles. The van der Waals surface area contributed by atoms with Gasteiger partial charge in [0.25, 0.3) is 0 Å². The number of aromatic carboxylic acids is 2. The zero-order valence-corrected chi connectivity index (χ0v) is 17.8. The summed E-state index contributed by atoms with van der Waals surface area (Å²) < 4.78 is 0. The van der Waals surface area contributed by atoms with Crippen LogP contribution in [0, 0.1) is 23.7 Å². The molecule has 0 aromatic heterocycles. The summed E-state index contributed by atoms with van der Waals surface area (Å²) in [7, 11) is 0. The van der Waals surface area contributed by atoms with E-state index in [0.29, 0.717) is 11.1 Å². The quantitative estimate of drug-likeness (QED) is 0.587. The second-order valence-corrected chi connectivity index (χ2v) is 10.5. The highest BCUT2D eigenvalue weighted by Crippen LogP contribution is 2.52. The average molecular weight is 411 g/mol. The van der Waals surface area contributed by atoms with Gasteiger partial charge in [-0.15, -0.1) is 0 Å². The Labute approximate surface area is 179 Å². The fourth-order valence-electron chi connectivity index (χ4n) is 7.74. The van der Waals surface area contributed by atoms with E-state index in [1.54, 1.807) is 12.1 Å². The van der Waals surface area contributed by atoms with Crippen LogP contribution in [-0.4, -0.2) is 22.2 Å². The molecule has 0 heterocycles. The third-order valence-electron chi connectivity index (χ3n) is 9.26. The molecule has 1 aromatic rings. The van der Waals surface area contributed by atoms with Gasteiger partial charge in [-0.05, 0) is 136 Å². The van der Waals surface area contributed by atoms with Crippen LogP contribution in [0.25, 0.3) is 0 Å². The molecule has 3 fully saturated rings. The zero-order valence-electron chi connectivity index (χ0n) is 17.8. The lowest BCUT2D eigenvalue weighted by molar-refractivity contribution is 0.0675. The SMILES string of the molecule is O=C(O)c1ccc(C(=O)O)c2c1C1CCC(CC1)C1CCC(CC1)C1CCC2CC1. The Morgan fingerprint density at radius 1 is 0.533 bits per heavy atom. The van der Waals surface area contributed by atoms with Crippen LogP contribution in [0.4, 0.5) is 0 Å². The maximum absolute atomic E-state index is 12.2. The Morgan fingerprint density at radius 3 is 1.07 bits per heavy atom. The lowest BCUT2D eigenvalue weighted by Crippen LogP contribution is -2.31. The number of carboxylic acid groups (broad SMARTS) is 2. The third kappa shape index (κ3) is 3.46. The van der Waals surface area contributed by atoms with Gasteiger partial charge in [-0.25, -0.2) is 9.59 Å². The summed E-state index contributed by atoms with van der Waals surface area (Å²) in [6.07, 6.45) is 14.3. The molecule has 0 radical (unpaired) electrons. The molecule has 8 aliphatic rings. The molecule has 0 aliphatic heterocycles. The van der Waals surface area contributed by atoms with Crippen LogP contribution in [0.5, 0.6) is 0 Å². The zero-order chi connectivity index (χ0) is 20.8. The van der Waals surface area contributed by atoms with Gasteiger partial charge >= 0.3 is 11.9 Å². The fraction of sp³-hybridized carbons (Fsp3) is 0.692. The second kappa shape index (κ2) is 8.01. The van der Waals surface area contributed by atoms with Gasteiger partial charge in [0.2, 0.25) is 0 Å². The van der Waals surface area contributed by atoms with Crippen molar-refractivity contribution < 1.29 is 19.8 Å². The summed E-state index contributed by atoms with van der Waals surface area (Å²) in [4.78, 5) is 24.3. The summed E-state index contributed by atoms with van der Waals surface area (Å²) in [5, 5.41) is 19.9. The molecular formula is C26H34O4. The summed E-state index contributed by atoms with van der Waals surface area (Å²) in [5.41, 5.74) is 2.47. The Morgan fingerprint density at radius 2 is 0.800 bits per heavy atom. The van der Waals surface area contributed by atoms with E-state index in [9.17, 15) is 19.8 Å². The van der Waals surface area contributed by atoms with Gasteiger partial charge in [-0.1, -0.05) is 0 Å². The van der Waals surface area contributed by atoms with E-state index in [1.165, 1.54) is 51.4 Å². The minimum atomic E-state index is -0.904. The van der Waals surface area contributed by atoms with Gasteiger partial charge in [0.15, 0.2) is 0 Å². The van der Waals surface area contributed by atoms with Crippen LogP contribution in [-0.2, 0) is 0 Å². The van der Waals surface area contributed by atoms with Gasteiger partial charge < -0.3 is 10.2 Å². The number of rotatable bonds is 2. The topological polar surface area (TPSA) is 74.6 Å². The predicted molar refractivity (Wildman–Crippen MR) is 115 cm³/mol. The highest BCUT2D eigenvalue weighted by atomic mass is 16.4. The predicted octanol–water partition coefficient (Wildman–Crippen LogP) is 6.45. The van der Waals surface area contributed by atoms with Crippen molar-refractivity contribution in [2.24, 2.45) is 23.7 Å². The van der Waals surface area contributed by atoms with E-state index in [-0.39, 0.29) is 11.8 Å². The molecule has 0 spiro atoms. The van der Waals surface area contributed by atoms with Crippen molar-refractivity contribution in [2.45, 2.75) is 88.9 Å². The van der Waals surface area contributed by atoms with Crippen LogP contribution in [0.2, 0.25) is 0 Å². The van der Waals surface area contributed by atoms with Crippen molar-refractivity contribution in [1.82, 2.24) is 0 Å². The van der Waals surface area contributed by atoms with Crippen LogP contribution in [0.3, 0.4) is 0 Å². The first-order valence-corrected chi connectivity index (χ1v) is 12.2. The molecular weight excluding hydrogens is 376 g/mol. The van der Waals surface area contributed by atoms with Crippen LogP contribution >= 0.6 is 0 Å². The molecule has 0 amide bonds. The molecule has 162 valence electrons. The molecule has 0 atom stereocenters. The maximum Gasteiger partial charge on any atom is 0.335 e. The number of fused-ring (bicyclic) bond motifs is 1. The Kier molecular flexibility index (Phi) is 5.37. The highest BCUT2D eigenvalue weighted by molar-refractivity contribution is 5.95. The largest absolute Gasteiger partial charge is 0.478 e. The molecule has 3 saturated carbocycles. The minimum Gasteiger partial charge on any atom is -0.478 e. The van der Waals surface area contributed by atoms with Crippen molar-refractivity contribution in [3.63, 3.8) is 0 Å². The molecule has 6 bridgehead atoms. The Bertz CT molecular complexity index is 751. The summed E-state index contributed by atoms with van der Waals surface area (Å²) in [5.74, 6) is 1.84. The molecule has 8 aliphatic carbocycles. The summed E-state index contributed by atoms with van der Waals surface area (Å²) in [6, 6.07) is 3.13. The van der Waals surface area contributed by atoms with E-state index in [2.05, 4.69) is 0 Å². The number of hydrogen-bond donors (Lipinski definition) is 2. The van der Waals surface area contributed by atoms with E-state index in [4.69, 9.17) is 0 Å². The normalized spacial score (nSPS) is 35.6. The first-order chi connectivity index (χ1) is 14.5. The fourth-order valence-corrected chi connectivity index (χ4v) is 7.74. The first-order valence-electron chi connectivity index (χ1n) is 12.2. The first kappa shape index (κ1) is 20.1. The summed E-state index contributed by atoms with van der Waals surface area (Å²) in [6.45, 7) is 0. The summed E-state index contributed by atoms with van der Waals surface area (Å²) >= 11 is 0. The lowest BCUT2D eigenvalue weighted by atomic mass is 9.62. The molecule has 4 heteroatoms. The maximum atomic E-state index is 12.2. The van der Waals surface area contributed by atoms with Gasteiger partial charge in [-0.3, -0.25) is 0 Å². The average Bonchev–Trinajstić information content (AvgIpc) is 2.78. The molecule has 1 aromatic carbocycles. The molecule has 2 N–H and O–H groups in total. The number of carbonyl (C=O) groups is 2. The van der Waals surface area contributed by atoms with Crippen molar-refractivity contribution in [2.75, 3.05) is 0 Å². The van der Waals surface area contributed by atoms with Gasteiger partial charge in [-0.2, -0.15) is 0 Å². The van der Waals surface area contributed by atoms with Crippen LogP contribution in [0.1, 0.15) is 121 Å². The van der Waals surface area contributed by atoms with Crippen molar-refractivity contribution in [3.05, 3.63) is 34.4 Å². The van der Waals surface area contributed by atoms with Crippen molar-refractivity contribution in [3.8, 4) is 0 Å². The molecule has 9 rings (SSSR count). The minimum absolute atomic E-state index is 0.193. The molecule has 4 nitrogen and oxygen atoms in total. The number of benzene rings is 1. The standard InChI is InChI=1S/C26H34O4/c27-25(28)21-13-14-22(26(29)30)24-20-11-7-18(8-12-20)16-2-1-15(3-4-16)17-5-9-19(10-6-17)23(21)24/h13-20H,1-12H2,(H,27,28)(H,29,30). The van der Waals surface area contributed by atoms with E-state index in [0.717, 1.165) is 60.5 Å². The molecule has 0 unspecified atom stereocenters. The lowest BCUT2D eigenvalue weighted by Gasteiger charge is -2.43. The monoisotopic (exact) mass is 410 g/mol. The second-order valence-electron chi connectivity index (χ2n) is 10.5. The molecule has 30 heavy (non-hydrogen) atoms. The van der Waals surface area contributed by atoms with E-state index in [1.807, 2.05) is 0 Å². The van der Waals surface area contributed by atoms with Crippen molar-refractivity contribution >= 4 is 11.9 Å². The van der Waals surface area contributed by atoms with Crippen molar-refractivity contribution in [1.29, 1.82) is 0 Å². The van der Waals surface area contributed by atoms with Crippen LogP contribution < -0.4 is 0 Å². The van der Waals surface area contributed by atoms with Gasteiger partial charge in [0.05, 0.1) is 11.1 Å². The van der Waals surface area contributed by atoms with Gasteiger partial charge in [0, 0.05) is 0 Å². The van der Waals surface area contributed by atoms with Gasteiger partial charge in [0.1, 0.15) is 0 Å². The van der Waals surface area contributed by atoms with Crippen LogP contribution in [0.15, 0.2) is 12.1 Å².